The van der Waals surface area contributed by atoms with Crippen LogP contribution >= 0.6 is 11.9 Å². The minimum atomic E-state index is -1.34. The van der Waals surface area contributed by atoms with Crippen molar-refractivity contribution in [2.24, 2.45) is 10.9 Å². The molecule has 0 bridgehead atoms. The highest BCUT2D eigenvalue weighted by Gasteiger charge is 2.23. The zero-order chi connectivity index (χ0) is 15.3. The number of oxime groups is 1. The number of hydrogen-bond acceptors (Lipinski definition) is 8. The maximum atomic E-state index is 11.4. The maximum absolute atomic E-state index is 11.4. The summed E-state index contributed by atoms with van der Waals surface area (Å²) in [6.45, 7) is 4.62. The third-order valence-electron chi connectivity index (χ3n) is 1.69. The molecule has 0 saturated carbocycles. The number of esters is 1. The van der Waals surface area contributed by atoms with Gasteiger partial charge in [-0.2, -0.15) is 4.83 Å². The van der Waals surface area contributed by atoms with Crippen LogP contribution in [0.2, 0.25) is 0 Å². The van der Waals surface area contributed by atoms with Crippen molar-refractivity contribution in [2.45, 2.75) is 26.4 Å². The lowest BCUT2D eigenvalue weighted by Gasteiger charge is -2.19. The van der Waals surface area contributed by atoms with Crippen LogP contribution in [0.5, 0.6) is 0 Å². The number of ether oxygens (including phenoxy) is 1. The van der Waals surface area contributed by atoms with Crippen molar-refractivity contribution in [3.05, 3.63) is 11.2 Å². The third-order valence-corrected chi connectivity index (χ3v) is 2.32. The van der Waals surface area contributed by atoms with E-state index in [-0.39, 0.29) is 0 Å². The minimum Gasteiger partial charge on any atom is -0.475 e. The molecular formula is C10H16N4O5S. The summed E-state index contributed by atoms with van der Waals surface area (Å²) >= 11 is 1.02. The summed E-state index contributed by atoms with van der Waals surface area (Å²) < 4.78 is 4.98. The summed E-state index contributed by atoms with van der Waals surface area (Å²) in [5.41, 5.74) is 4.82. The Morgan fingerprint density at radius 2 is 2.20 bits per heavy atom. The van der Waals surface area contributed by atoms with E-state index in [4.69, 9.17) is 15.6 Å². The van der Waals surface area contributed by atoms with Crippen molar-refractivity contribution in [3.63, 3.8) is 0 Å². The van der Waals surface area contributed by atoms with Gasteiger partial charge in [0.2, 0.25) is 6.61 Å². The van der Waals surface area contributed by atoms with E-state index in [1.165, 1.54) is 6.20 Å². The van der Waals surface area contributed by atoms with Gasteiger partial charge in [0.05, 0.1) is 6.20 Å². The van der Waals surface area contributed by atoms with Gasteiger partial charge in [0.25, 0.3) is 5.84 Å². The van der Waals surface area contributed by atoms with Crippen molar-refractivity contribution in [2.75, 3.05) is 6.61 Å². The van der Waals surface area contributed by atoms with Gasteiger partial charge in [-0.25, -0.2) is 14.6 Å². The van der Waals surface area contributed by atoms with Crippen LogP contribution in [0.15, 0.2) is 16.4 Å². The zero-order valence-electron chi connectivity index (χ0n) is 11.2. The first-order chi connectivity index (χ1) is 9.19. The quantitative estimate of drug-likeness (QED) is 0.216. The summed E-state index contributed by atoms with van der Waals surface area (Å²) in [5.74, 6) is -2.44. The normalized spacial score (nSPS) is 15.8. The van der Waals surface area contributed by atoms with Crippen LogP contribution in [0.1, 0.15) is 20.8 Å². The van der Waals surface area contributed by atoms with Crippen LogP contribution in [-0.4, -0.2) is 40.1 Å². The van der Waals surface area contributed by atoms with Crippen LogP contribution in [-0.2, 0) is 19.2 Å². The molecule has 0 aromatic heterocycles. The number of nitrogens with zero attached hydrogens (tertiary/aromatic N) is 2. The minimum absolute atomic E-state index is 0.367. The second kappa shape index (κ2) is 6.48. The number of amidine groups is 1. The summed E-state index contributed by atoms with van der Waals surface area (Å²) in [4.78, 5) is 29.6. The van der Waals surface area contributed by atoms with Gasteiger partial charge in [0.1, 0.15) is 10.6 Å². The van der Waals surface area contributed by atoms with E-state index in [1.54, 1.807) is 20.8 Å². The predicted molar refractivity (Wildman–Crippen MR) is 71.7 cm³/mol. The standard InChI is InChI=1S/C10H16N4O5S/c1-10(2,3)19-7(15)5-18-12-8(9(16)17)14-4-6(11)20-13-14/h4,13H,5,11H2,1-3H3,(H,16,17). The van der Waals surface area contributed by atoms with E-state index in [2.05, 4.69) is 14.8 Å². The van der Waals surface area contributed by atoms with E-state index in [1.807, 2.05) is 0 Å². The molecule has 1 aliphatic rings. The Hall–Kier alpha value is -1.94. The van der Waals surface area contributed by atoms with E-state index >= 15 is 0 Å². The van der Waals surface area contributed by atoms with Crippen molar-refractivity contribution in [1.82, 2.24) is 9.84 Å². The highest BCUT2D eigenvalue weighted by atomic mass is 32.2. The Kier molecular flexibility index (Phi) is 5.22. The van der Waals surface area contributed by atoms with Gasteiger partial charge in [0, 0.05) is 0 Å². The molecule has 9 nitrogen and oxygen atoms in total. The molecule has 1 heterocycles. The van der Waals surface area contributed by atoms with E-state index in [0.29, 0.717) is 5.03 Å². The van der Waals surface area contributed by atoms with E-state index in [0.717, 1.165) is 17.0 Å². The number of carbonyl (C=O) groups is 2. The molecule has 0 unspecified atom stereocenters. The predicted octanol–water partition coefficient (Wildman–Crippen LogP) is -0.0312. The monoisotopic (exact) mass is 304 g/mol. The molecule has 0 fully saturated rings. The summed E-state index contributed by atoms with van der Waals surface area (Å²) in [7, 11) is 0. The molecule has 0 aromatic carbocycles. The first-order valence-electron chi connectivity index (χ1n) is 5.53. The lowest BCUT2D eigenvalue weighted by atomic mass is 10.2. The molecule has 20 heavy (non-hydrogen) atoms. The van der Waals surface area contributed by atoms with Crippen molar-refractivity contribution in [1.29, 1.82) is 0 Å². The Labute approximate surface area is 119 Å². The molecule has 0 spiro atoms. The number of carboxylic acid groups (broad SMARTS) is 1. The fraction of sp³-hybridized carbons (Fsp3) is 0.500. The first kappa shape index (κ1) is 16.1. The number of hydrazine groups is 1. The fourth-order valence-corrected chi connectivity index (χ4v) is 1.59. The van der Waals surface area contributed by atoms with Crippen LogP contribution in [0.4, 0.5) is 0 Å². The number of carbonyl (C=O) groups excluding carboxylic acids is 1. The number of carboxylic acids is 1. The molecule has 0 amide bonds. The molecule has 10 heteroatoms. The maximum Gasteiger partial charge on any atom is 0.377 e. The van der Waals surface area contributed by atoms with Crippen molar-refractivity contribution < 1.29 is 24.3 Å². The Bertz CT molecular complexity index is 457. The molecule has 4 N–H and O–H groups in total. The van der Waals surface area contributed by atoms with Gasteiger partial charge >= 0.3 is 11.9 Å². The smallest absolute Gasteiger partial charge is 0.377 e. The topological polar surface area (TPSA) is 126 Å². The average molecular weight is 304 g/mol. The molecule has 1 aliphatic heterocycles. The SMILES string of the molecule is CC(C)(C)OC(=O)CON=C(C(=O)O)N1C=C(N)SN1. The molecule has 0 aliphatic carbocycles. The van der Waals surface area contributed by atoms with Crippen LogP contribution < -0.4 is 10.6 Å². The van der Waals surface area contributed by atoms with Gasteiger partial charge in [-0.1, -0.05) is 5.16 Å². The molecule has 112 valence electrons. The summed E-state index contributed by atoms with van der Waals surface area (Å²) in [6.07, 6.45) is 1.33. The molecule has 0 radical (unpaired) electrons. The second-order valence-corrected chi connectivity index (χ2v) is 5.53. The Balaban J connectivity index is 2.57. The zero-order valence-corrected chi connectivity index (χ0v) is 12.1. The first-order valence-corrected chi connectivity index (χ1v) is 6.35. The van der Waals surface area contributed by atoms with Crippen molar-refractivity contribution in [3.8, 4) is 0 Å². The lowest BCUT2D eigenvalue weighted by molar-refractivity contribution is -0.160. The molecule has 1 rings (SSSR count). The molecular weight excluding hydrogens is 288 g/mol. The summed E-state index contributed by atoms with van der Waals surface area (Å²) in [5, 5.41) is 13.8. The highest BCUT2D eigenvalue weighted by Crippen LogP contribution is 2.15. The van der Waals surface area contributed by atoms with Crippen LogP contribution in [0.25, 0.3) is 0 Å². The highest BCUT2D eigenvalue weighted by molar-refractivity contribution is 8.01. The van der Waals surface area contributed by atoms with Gasteiger partial charge in [0.15, 0.2) is 0 Å². The molecule has 0 atom stereocenters. The Morgan fingerprint density at radius 3 is 2.65 bits per heavy atom. The third kappa shape index (κ3) is 5.36. The lowest BCUT2D eigenvalue weighted by Crippen LogP contribution is -2.37. The van der Waals surface area contributed by atoms with Gasteiger partial charge in [-0.3, -0.25) is 0 Å². The summed E-state index contributed by atoms with van der Waals surface area (Å²) in [6, 6.07) is 0. The number of nitrogens with two attached hydrogens (primary N) is 1. The van der Waals surface area contributed by atoms with Crippen molar-refractivity contribution >= 4 is 29.7 Å². The van der Waals surface area contributed by atoms with Gasteiger partial charge in [-0.05, 0) is 32.7 Å². The van der Waals surface area contributed by atoms with E-state index < -0.39 is 30.0 Å². The van der Waals surface area contributed by atoms with Crippen LogP contribution in [0, 0.1) is 0 Å². The Morgan fingerprint density at radius 1 is 1.55 bits per heavy atom. The fourth-order valence-electron chi connectivity index (χ4n) is 1.09. The number of aliphatic carboxylic acids is 1. The molecule has 0 aromatic rings. The second-order valence-electron chi connectivity index (χ2n) is 4.67. The van der Waals surface area contributed by atoms with Gasteiger partial charge in [-0.15, -0.1) is 0 Å². The van der Waals surface area contributed by atoms with Gasteiger partial charge < -0.3 is 20.4 Å². The van der Waals surface area contributed by atoms with Crippen LogP contribution in [0.3, 0.4) is 0 Å². The molecule has 0 saturated heterocycles. The number of hydrogen-bond donors (Lipinski definition) is 3. The largest absolute Gasteiger partial charge is 0.475 e. The average Bonchev–Trinajstić information content (AvgIpc) is 2.68. The number of rotatable bonds is 3. The van der Waals surface area contributed by atoms with E-state index in [9.17, 15) is 9.59 Å². The number of nitrogens with one attached hydrogen (secondary N) is 1.